The first-order valence-electron chi connectivity index (χ1n) is 24.9. The molecule has 0 radical (unpaired) electrons. The SMILES string of the molecule is CCCCCCCC/C=C\CCCCCCCCN.CCCCCCCC[N+](CCCCCCCC)(CCCCCCCC)CCCCCCCC.[Br-]. The van der Waals surface area contributed by atoms with Gasteiger partial charge < -0.3 is 27.2 Å². The van der Waals surface area contributed by atoms with Gasteiger partial charge in [0, 0.05) is 0 Å². The van der Waals surface area contributed by atoms with Crippen LogP contribution in [0.15, 0.2) is 12.2 Å². The lowest BCUT2D eigenvalue weighted by molar-refractivity contribution is -0.929. The van der Waals surface area contributed by atoms with E-state index in [9.17, 15) is 0 Å². The predicted octanol–water partition coefficient (Wildman–Crippen LogP) is 14.2. The summed E-state index contributed by atoms with van der Waals surface area (Å²) in [5.41, 5.74) is 5.47. The van der Waals surface area contributed by atoms with Crippen molar-refractivity contribution in [1.82, 2.24) is 0 Å². The predicted molar refractivity (Wildman–Crippen MR) is 242 cm³/mol. The Kier molecular flexibility index (Phi) is 56.5. The van der Waals surface area contributed by atoms with Gasteiger partial charge in [-0.05, 0) is 90.0 Å². The highest BCUT2D eigenvalue weighted by Crippen LogP contribution is 2.21. The molecule has 0 aromatic rings. The van der Waals surface area contributed by atoms with E-state index >= 15 is 0 Å². The number of nitrogens with zero attached hydrogens (tertiary/aromatic N) is 1. The minimum absolute atomic E-state index is 0. The van der Waals surface area contributed by atoms with Gasteiger partial charge >= 0.3 is 0 Å². The van der Waals surface area contributed by atoms with Crippen LogP contribution in [0.2, 0.25) is 0 Å². The Bertz CT molecular complexity index is 565. The Labute approximate surface area is 349 Å². The molecule has 0 atom stereocenters. The van der Waals surface area contributed by atoms with Gasteiger partial charge in [-0.25, -0.2) is 0 Å². The quantitative estimate of drug-likeness (QED) is 0.0370. The molecule has 0 aliphatic rings. The van der Waals surface area contributed by atoms with Crippen molar-refractivity contribution in [3.05, 3.63) is 12.2 Å². The number of hydrogen-bond donors (Lipinski definition) is 1. The number of nitrogens with two attached hydrogens (primary N) is 1. The first-order chi connectivity index (χ1) is 25.7. The average Bonchev–Trinajstić information content (AvgIpc) is 3.16. The normalized spacial score (nSPS) is 11.6. The largest absolute Gasteiger partial charge is 1.00 e. The van der Waals surface area contributed by atoms with Crippen LogP contribution >= 0.6 is 0 Å². The van der Waals surface area contributed by atoms with Crippen molar-refractivity contribution < 1.29 is 21.5 Å². The van der Waals surface area contributed by atoms with E-state index in [2.05, 4.69) is 46.8 Å². The summed E-state index contributed by atoms with van der Waals surface area (Å²) < 4.78 is 1.48. The van der Waals surface area contributed by atoms with E-state index in [1.54, 1.807) is 0 Å². The molecule has 0 spiro atoms. The lowest BCUT2D eigenvalue weighted by atomic mass is 10.0. The van der Waals surface area contributed by atoms with Crippen LogP contribution < -0.4 is 22.7 Å². The summed E-state index contributed by atoms with van der Waals surface area (Å²) >= 11 is 0. The van der Waals surface area contributed by atoms with Crippen LogP contribution in [0.1, 0.15) is 279 Å². The lowest BCUT2D eigenvalue weighted by Gasteiger charge is -2.40. The molecule has 0 rings (SSSR count). The molecule has 0 aliphatic carbocycles. The first kappa shape index (κ1) is 57.5. The van der Waals surface area contributed by atoms with E-state index < -0.39 is 0 Å². The van der Waals surface area contributed by atoms with E-state index in [1.807, 2.05) is 0 Å². The zero-order chi connectivity index (χ0) is 38.3. The second-order valence-electron chi connectivity index (χ2n) is 17.0. The van der Waals surface area contributed by atoms with Gasteiger partial charge in [-0.1, -0.05) is 207 Å². The van der Waals surface area contributed by atoms with Gasteiger partial charge in [0.2, 0.25) is 0 Å². The summed E-state index contributed by atoms with van der Waals surface area (Å²) in [5.74, 6) is 0. The van der Waals surface area contributed by atoms with Crippen molar-refractivity contribution in [1.29, 1.82) is 0 Å². The molecule has 2 N–H and O–H groups in total. The van der Waals surface area contributed by atoms with Crippen molar-refractivity contribution in [3.8, 4) is 0 Å². The van der Waals surface area contributed by atoms with Gasteiger partial charge in [-0.3, -0.25) is 0 Å². The molecule has 0 saturated heterocycles. The third kappa shape index (κ3) is 48.2. The number of hydrogen-bond acceptors (Lipinski definition) is 1. The third-order valence-electron chi connectivity index (χ3n) is 11.7. The molecular weight excluding hydrogens is 708 g/mol. The van der Waals surface area contributed by atoms with Crippen LogP contribution in [0, 0.1) is 0 Å². The maximum atomic E-state index is 5.47. The minimum atomic E-state index is 0. The summed E-state index contributed by atoms with van der Waals surface area (Å²) in [7, 11) is 0. The highest BCUT2D eigenvalue weighted by Gasteiger charge is 2.25. The van der Waals surface area contributed by atoms with Crippen molar-refractivity contribution in [3.63, 3.8) is 0 Å². The van der Waals surface area contributed by atoms with Crippen molar-refractivity contribution >= 4 is 0 Å². The molecule has 0 amide bonds. The van der Waals surface area contributed by atoms with E-state index in [0.29, 0.717) is 0 Å². The molecule has 0 bridgehead atoms. The highest BCUT2D eigenvalue weighted by atomic mass is 79.9. The zero-order valence-electron chi connectivity index (χ0n) is 38.0. The standard InChI is InChI=1S/C32H68N.C18H37N.BrH/c1-5-9-13-17-21-25-29-33(30-26-22-18-14-10-6-2,31-27-23-19-15-11-7-3)32-28-24-20-16-12-8-4;1-2-3-4-5-6-7-8-9-10-11-12-13-14-15-16-17-18-19;/h5-32H2,1-4H3;9-10H,2-8,11-19H2,1H3;1H/q+1;;/p-1/b;10-9-;. The van der Waals surface area contributed by atoms with Crippen LogP contribution in [0.3, 0.4) is 0 Å². The molecule has 322 valence electrons. The van der Waals surface area contributed by atoms with E-state index in [4.69, 9.17) is 5.73 Å². The van der Waals surface area contributed by atoms with Gasteiger partial charge in [-0.2, -0.15) is 0 Å². The summed E-state index contributed by atoms with van der Waals surface area (Å²) in [6.45, 7) is 18.4. The van der Waals surface area contributed by atoms with Crippen LogP contribution in [-0.2, 0) is 0 Å². The number of allylic oxidation sites excluding steroid dienone is 2. The fourth-order valence-electron chi connectivity index (χ4n) is 7.97. The van der Waals surface area contributed by atoms with E-state index in [0.717, 1.165) is 6.54 Å². The molecule has 0 aliphatic heterocycles. The third-order valence-corrected chi connectivity index (χ3v) is 11.7. The Hall–Kier alpha value is 0.140. The summed E-state index contributed by atoms with van der Waals surface area (Å²) in [4.78, 5) is 0. The maximum Gasteiger partial charge on any atom is 0.0786 e. The van der Waals surface area contributed by atoms with Gasteiger partial charge in [-0.15, -0.1) is 0 Å². The van der Waals surface area contributed by atoms with Crippen molar-refractivity contribution in [2.75, 3.05) is 32.7 Å². The molecular formula is C50H105BrN2. The lowest BCUT2D eigenvalue weighted by Crippen LogP contribution is -3.00. The van der Waals surface area contributed by atoms with Crippen LogP contribution in [-0.4, -0.2) is 37.2 Å². The Morgan fingerprint density at radius 3 is 0.736 bits per heavy atom. The molecule has 0 unspecified atom stereocenters. The smallest absolute Gasteiger partial charge is 0.0786 e. The fourth-order valence-corrected chi connectivity index (χ4v) is 7.97. The van der Waals surface area contributed by atoms with Gasteiger partial charge in [0.25, 0.3) is 0 Å². The number of rotatable bonds is 43. The molecule has 0 aromatic heterocycles. The number of quaternary nitrogens is 1. The Morgan fingerprint density at radius 1 is 0.283 bits per heavy atom. The molecule has 0 heterocycles. The summed E-state index contributed by atoms with van der Waals surface area (Å²) in [6.07, 6.45) is 58.7. The molecule has 0 fully saturated rings. The summed E-state index contributed by atoms with van der Waals surface area (Å²) in [6, 6.07) is 0. The minimum Gasteiger partial charge on any atom is -1.00 e. The molecule has 0 saturated carbocycles. The van der Waals surface area contributed by atoms with E-state index in [-0.39, 0.29) is 17.0 Å². The topological polar surface area (TPSA) is 26.0 Å². The van der Waals surface area contributed by atoms with Crippen molar-refractivity contribution in [2.24, 2.45) is 5.73 Å². The average molecular weight is 814 g/mol. The molecule has 3 heteroatoms. The first-order valence-corrected chi connectivity index (χ1v) is 24.9. The highest BCUT2D eigenvalue weighted by molar-refractivity contribution is 4.81. The van der Waals surface area contributed by atoms with Crippen LogP contribution in [0.5, 0.6) is 0 Å². The van der Waals surface area contributed by atoms with Crippen LogP contribution in [0.25, 0.3) is 0 Å². The molecule has 2 nitrogen and oxygen atoms in total. The zero-order valence-corrected chi connectivity index (χ0v) is 39.5. The Morgan fingerprint density at radius 2 is 0.491 bits per heavy atom. The van der Waals surface area contributed by atoms with Crippen molar-refractivity contribution in [2.45, 2.75) is 279 Å². The fraction of sp³-hybridized carbons (Fsp3) is 0.960. The second-order valence-corrected chi connectivity index (χ2v) is 17.0. The van der Waals surface area contributed by atoms with Crippen LogP contribution in [0.4, 0.5) is 0 Å². The number of halogens is 1. The van der Waals surface area contributed by atoms with E-state index in [1.165, 1.54) is 275 Å². The Balaban J connectivity index is -0.00000106. The monoisotopic (exact) mass is 813 g/mol. The summed E-state index contributed by atoms with van der Waals surface area (Å²) in [5, 5.41) is 0. The van der Waals surface area contributed by atoms with Gasteiger partial charge in [0.1, 0.15) is 0 Å². The maximum absolute atomic E-state index is 5.47. The molecule has 0 aromatic carbocycles. The van der Waals surface area contributed by atoms with Gasteiger partial charge in [0.05, 0.1) is 26.2 Å². The van der Waals surface area contributed by atoms with Gasteiger partial charge in [0.15, 0.2) is 0 Å². The number of unbranched alkanes of at least 4 members (excludes halogenated alkanes) is 32. The molecule has 53 heavy (non-hydrogen) atoms. The second kappa shape index (κ2) is 52.1.